The van der Waals surface area contributed by atoms with Gasteiger partial charge in [-0.2, -0.15) is 0 Å². The van der Waals surface area contributed by atoms with Crippen molar-refractivity contribution >= 4 is 23.6 Å². The van der Waals surface area contributed by atoms with Crippen LogP contribution in [0.4, 0.5) is 10.5 Å². The number of carbonyl (C=O) groups excluding carboxylic acids is 3. The maximum atomic E-state index is 14.6. The largest absolute Gasteiger partial charge is 0.508 e. The smallest absolute Gasteiger partial charge is 0.412 e. The van der Waals surface area contributed by atoms with Crippen molar-refractivity contribution in [2.24, 2.45) is 23.2 Å². The van der Waals surface area contributed by atoms with Crippen LogP contribution in [0.5, 0.6) is 5.75 Å². The molecule has 4 aliphatic rings. The highest BCUT2D eigenvalue weighted by Crippen LogP contribution is 2.59. The van der Waals surface area contributed by atoms with Crippen LogP contribution in [0.2, 0.25) is 0 Å². The Morgan fingerprint density at radius 1 is 0.870 bits per heavy atom. The molecule has 7 heteroatoms. The Kier molecular flexibility index (Phi) is 8.09. The van der Waals surface area contributed by atoms with E-state index in [9.17, 15) is 19.5 Å². The minimum Gasteiger partial charge on any atom is -0.508 e. The van der Waals surface area contributed by atoms with Crippen LogP contribution in [0.25, 0.3) is 0 Å². The second-order valence-corrected chi connectivity index (χ2v) is 16.4. The van der Waals surface area contributed by atoms with E-state index in [4.69, 9.17) is 4.74 Å². The number of aryl methyl sites for hydroxylation is 2. The molecular formula is C39H52N2O5. The number of carbonyl (C=O) groups is 3. The Bertz CT molecular complexity index is 1560. The van der Waals surface area contributed by atoms with Gasteiger partial charge in [0.1, 0.15) is 11.4 Å². The second-order valence-electron chi connectivity index (χ2n) is 16.4. The molecule has 2 aromatic rings. The topological polar surface area (TPSA) is 95.9 Å². The number of anilines is 1. The van der Waals surface area contributed by atoms with Crippen molar-refractivity contribution in [2.75, 3.05) is 12.4 Å². The highest BCUT2D eigenvalue weighted by atomic mass is 16.6. The van der Waals surface area contributed by atoms with Crippen LogP contribution < -0.4 is 5.32 Å². The Labute approximate surface area is 274 Å². The van der Waals surface area contributed by atoms with E-state index in [1.807, 2.05) is 39.0 Å². The van der Waals surface area contributed by atoms with Gasteiger partial charge in [0.05, 0.1) is 5.41 Å². The van der Waals surface area contributed by atoms with Crippen molar-refractivity contribution in [3.8, 4) is 5.75 Å². The Hall–Kier alpha value is -3.35. The number of phenols is 1. The van der Waals surface area contributed by atoms with Gasteiger partial charge in [-0.05, 0) is 141 Å². The molecule has 2 fully saturated rings. The van der Waals surface area contributed by atoms with Crippen molar-refractivity contribution in [3.63, 3.8) is 0 Å². The zero-order valence-electron chi connectivity index (χ0n) is 28.8. The molecule has 2 N–H and O–H groups in total. The van der Waals surface area contributed by atoms with E-state index in [2.05, 4.69) is 38.2 Å². The van der Waals surface area contributed by atoms with Gasteiger partial charge in [0.2, 0.25) is 11.8 Å². The third-order valence-corrected chi connectivity index (χ3v) is 12.4. The molecule has 4 aliphatic carbocycles. The standard InChI is InChI=1S/C39H52N2O5/c1-36(2,3)46-35(45)40-26-15-11-24-13-17-29-28(10-8-19-37(29,4)30(24)22-26)33(43)41(7)34(44)39(6)21-9-20-38(5)31-23-27(42)16-12-25(31)14-18-32(38)39/h11-12,15-16,22-23,28-29,32,42H,8-10,13-14,17-21H2,1-7H3,(H,40,45)/t28?,29?,32?,37?,38?,39-/m0/s1. The number of phenolic OH excluding ortho intramolecular Hbond substituents is 1. The zero-order chi connectivity index (χ0) is 33.2. The lowest BCUT2D eigenvalue weighted by Crippen LogP contribution is -2.58. The van der Waals surface area contributed by atoms with Gasteiger partial charge in [-0.15, -0.1) is 0 Å². The zero-order valence-corrected chi connectivity index (χ0v) is 28.8. The third kappa shape index (κ3) is 5.41. The summed E-state index contributed by atoms with van der Waals surface area (Å²) in [7, 11) is 1.72. The summed E-state index contributed by atoms with van der Waals surface area (Å²) in [5, 5.41) is 13.3. The molecule has 0 heterocycles. The van der Waals surface area contributed by atoms with Gasteiger partial charge in [-0.3, -0.25) is 19.8 Å². The first-order valence-electron chi connectivity index (χ1n) is 17.3. The van der Waals surface area contributed by atoms with Crippen LogP contribution >= 0.6 is 0 Å². The molecule has 5 unspecified atom stereocenters. The SMILES string of the molecule is CN(C(=O)C1CCCC2(C)c3cc(NC(=O)OC(C)(C)C)ccc3CCC12)C(=O)[C@@]1(C)CCCC2(C)c3cc(O)ccc3CCC21. The lowest BCUT2D eigenvalue weighted by Gasteiger charge is -2.55. The normalized spacial score (nSPS) is 31.8. The monoisotopic (exact) mass is 628 g/mol. The first-order chi connectivity index (χ1) is 21.6. The van der Waals surface area contributed by atoms with Gasteiger partial charge in [-0.25, -0.2) is 4.79 Å². The molecule has 6 rings (SSSR count). The molecule has 0 radical (unpaired) electrons. The highest BCUT2D eigenvalue weighted by molar-refractivity contribution is 5.99. The summed E-state index contributed by atoms with van der Waals surface area (Å²) in [4.78, 5) is 43.1. The predicted molar refractivity (Wildman–Crippen MR) is 180 cm³/mol. The van der Waals surface area contributed by atoms with Gasteiger partial charge in [0.25, 0.3) is 0 Å². The fourth-order valence-electron chi connectivity index (χ4n) is 10.2. The molecular weight excluding hydrogens is 576 g/mol. The number of rotatable bonds is 3. The maximum Gasteiger partial charge on any atom is 0.412 e. The van der Waals surface area contributed by atoms with Crippen molar-refractivity contribution in [1.82, 2.24) is 4.90 Å². The number of ether oxygens (including phenoxy) is 1. The van der Waals surface area contributed by atoms with Crippen LogP contribution in [-0.2, 0) is 38.0 Å². The van der Waals surface area contributed by atoms with Crippen molar-refractivity contribution in [2.45, 2.75) is 122 Å². The summed E-state index contributed by atoms with van der Waals surface area (Å²) >= 11 is 0. The minimum atomic E-state index is -0.653. The van der Waals surface area contributed by atoms with Gasteiger partial charge >= 0.3 is 6.09 Å². The molecule has 0 aromatic heterocycles. The minimum absolute atomic E-state index is 0.0465. The molecule has 0 aliphatic heterocycles. The van der Waals surface area contributed by atoms with Gasteiger partial charge < -0.3 is 9.84 Å². The quantitative estimate of drug-likeness (QED) is 0.335. The van der Waals surface area contributed by atoms with E-state index in [1.54, 1.807) is 13.1 Å². The summed E-state index contributed by atoms with van der Waals surface area (Å²) in [5.74, 6) is 0.154. The van der Waals surface area contributed by atoms with Crippen LogP contribution in [0, 0.1) is 23.2 Å². The Morgan fingerprint density at radius 2 is 1.52 bits per heavy atom. The first kappa shape index (κ1) is 32.6. The predicted octanol–water partition coefficient (Wildman–Crippen LogP) is 8.05. The molecule has 2 saturated carbocycles. The lowest BCUT2D eigenvalue weighted by molar-refractivity contribution is -0.160. The van der Waals surface area contributed by atoms with E-state index < -0.39 is 17.1 Å². The summed E-state index contributed by atoms with van der Waals surface area (Å²) in [5.41, 5.74) is 3.90. The van der Waals surface area contributed by atoms with Crippen molar-refractivity contribution < 1.29 is 24.2 Å². The first-order valence-corrected chi connectivity index (χ1v) is 17.3. The number of hydrogen-bond donors (Lipinski definition) is 2. The molecule has 3 amide bonds. The molecule has 2 aromatic carbocycles. The average Bonchev–Trinajstić information content (AvgIpc) is 2.98. The van der Waals surface area contributed by atoms with Gasteiger partial charge in [0.15, 0.2) is 0 Å². The number of fused-ring (bicyclic) bond motifs is 6. The number of imide groups is 1. The number of benzene rings is 2. The van der Waals surface area contributed by atoms with E-state index in [-0.39, 0.29) is 46.1 Å². The van der Waals surface area contributed by atoms with E-state index >= 15 is 0 Å². The Balaban J connectivity index is 1.24. The van der Waals surface area contributed by atoms with Gasteiger partial charge in [0, 0.05) is 18.7 Å². The van der Waals surface area contributed by atoms with Crippen LogP contribution in [0.15, 0.2) is 36.4 Å². The summed E-state index contributed by atoms with van der Waals surface area (Å²) < 4.78 is 5.49. The number of nitrogens with one attached hydrogen (secondary N) is 1. The molecule has 46 heavy (non-hydrogen) atoms. The number of amides is 3. The number of aromatic hydroxyl groups is 1. The molecule has 0 saturated heterocycles. The van der Waals surface area contributed by atoms with Crippen molar-refractivity contribution in [1.29, 1.82) is 0 Å². The molecule has 7 nitrogen and oxygen atoms in total. The van der Waals surface area contributed by atoms with E-state index in [0.717, 1.165) is 64.2 Å². The summed E-state index contributed by atoms with van der Waals surface area (Å²) in [6, 6.07) is 11.8. The Morgan fingerprint density at radius 3 is 2.24 bits per heavy atom. The highest BCUT2D eigenvalue weighted by Gasteiger charge is 2.57. The summed E-state index contributed by atoms with van der Waals surface area (Å²) in [6.45, 7) is 12.2. The lowest BCUT2D eigenvalue weighted by atomic mass is 9.49. The summed E-state index contributed by atoms with van der Waals surface area (Å²) in [6.07, 6.45) is 8.38. The molecule has 6 atom stereocenters. The van der Waals surface area contributed by atoms with Crippen molar-refractivity contribution in [3.05, 3.63) is 58.7 Å². The molecule has 0 bridgehead atoms. The van der Waals surface area contributed by atoms with E-state index in [0.29, 0.717) is 5.69 Å². The van der Waals surface area contributed by atoms with Gasteiger partial charge in [-0.1, -0.05) is 45.7 Å². The molecule has 248 valence electrons. The van der Waals surface area contributed by atoms with E-state index in [1.165, 1.54) is 27.2 Å². The maximum absolute atomic E-state index is 14.6. The number of hydrogen-bond acceptors (Lipinski definition) is 5. The third-order valence-electron chi connectivity index (χ3n) is 12.4. The van der Waals surface area contributed by atoms with Crippen LogP contribution in [-0.4, -0.2) is 40.6 Å². The second kappa shape index (κ2) is 11.4. The average molecular weight is 629 g/mol. The molecule has 0 spiro atoms. The van der Waals surface area contributed by atoms with Crippen LogP contribution in [0.1, 0.15) is 115 Å². The fraction of sp³-hybridized carbons (Fsp3) is 0.615. The fourth-order valence-corrected chi connectivity index (χ4v) is 10.2. The number of nitrogens with zero attached hydrogens (tertiary/aromatic N) is 1. The van der Waals surface area contributed by atoms with Crippen LogP contribution in [0.3, 0.4) is 0 Å².